The first kappa shape index (κ1) is 8.54. The predicted molar refractivity (Wildman–Crippen MR) is 43.8 cm³/mol. The van der Waals surface area contributed by atoms with Gasteiger partial charge in [0.2, 0.25) is 0 Å². The Morgan fingerprint density at radius 1 is 1.62 bits per heavy atom. The van der Waals surface area contributed by atoms with Crippen molar-refractivity contribution in [1.82, 2.24) is 0 Å². The van der Waals surface area contributed by atoms with Gasteiger partial charge in [-0.3, -0.25) is 0 Å². The summed E-state index contributed by atoms with van der Waals surface area (Å²) in [6.07, 6.45) is 3.58. The lowest BCUT2D eigenvalue weighted by Crippen LogP contribution is -2.10. The molecule has 3 heteroatoms. The number of rotatable bonds is 3. The summed E-state index contributed by atoms with van der Waals surface area (Å²) in [6.45, 7) is 3.56. The molecule has 0 aromatic heterocycles. The van der Waals surface area contributed by atoms with Gasteiger partial charge in [-0.05, 0) is 12.8 Å². The maximum Gasteiger partial charge on any atom is 0.0975 e. The van der Waals surface area contributed by atoms with Crippen LogP contribution in [0.5, 0.6) is 0 Å². The second kappa shape index (κ2) is 3.54. The largest absolute Gasteiger partial charge is 0.107 e. The Morgan fingerprint density at radius 2 is 2.12 bits per heavy atom. The van der Waals surface area contributed by atoms with Gasteiger partial charge < -0.3 is 0 Å². The summed E-state index contributed by atoms with van der Waals surface area (Å²) in [6, 6.07) is 0. The maximum atomic E-state index is 5.69. The molecule has 0 radical (unpaired) electrons. The van der Waals surface area contributed by atoms with Crippen LogP contribution in [0.2, 0.25) is 0 Å². The molecule has 0 aliphatic rings. The molecule has 0 nitrogen and oxygen atoms in total. The molecule has 0 aromatic carbocycles. The van der Waals surface area contributed by atoms with E-state index in [0.29, 0.717) is 0 Å². The molecule has 0 saturated carbocycles. The minimum absolute atomic E-state index is 0.436. The molecular formula is C5H10Cl2Si. The summed E-state index contributed by atoms with van der Waals surface area (Å²) in [4.78, 5) is 0. The van der Waals surface area contributed by atoms with Crippen LogP contribution in [0.3, 0.4) is 0 Å². The lowest BCUT2D eigenvalue weighted by atomic mass is 10.3. The van der Waals surface area contributed by atoms with Crippen molar-refractivity contribution < 1.29 is 0 Å². The first-order valence-corrected chi connectivity index (χ1v) is 4.30. The highest BCUT2D eigenvalue weighted by molar-refractivity contribution is 6.65. The van der Waals surface area contributed by atoms with Crippen LogP contribution in [0.25, 0.3) is 0 Å². The van der Waals surface area contributed by atoms with Crippen molar-refractivity contribution in [3.63, 3.8) is 0 Å². The van der Waals surface area contributed by atoms with Gasteiger partial charge in [0, 0.05) is 10.2 Å². The van der Waals surface area contributed by atoms with Crippen LogP contribution in [0.4, 0.5) is 0 Å². The molecule has 0 heterocycles. The van der Waals surface area contributed by atoms with E-state index >= 15 is 0 Å². The molecule has 0 aromatic rings. The second-order valence-corrected chi connectivity index (χ2v) is 6.73. The Balaban J connectivity index is 3.24. The minimum Gasteiger partial charge on any atom is -0.107 e. The average Bonchev–Trinajstić information content (AvgIpc) is 1.59. The Morgan fingerprint density at radius 3 is 2.25 bits per heavy atom. The lowest BCUT2D eigenvalue weighted by molar-refractivity contribution is 0.879. The number of halogens is 2. The van der Waals surface area contributed by atoms with Crippen molar-refractivity contribution in [3.05, 3.63) is 12.7 Å². The quantitative estimate of drug-likeness (QED) is 0.341. The number of allylic oxidation sites excluding steroid dienone is 1. The van der Waals surface area contributed by atoms with Crippen LogP contribution in [-0.2, 0) is 0 Å². The molecule has 0 fully saturated rings. The van der Waals surface area contributed by atoms with E-state index in [4.69, 9.17) is 23.2 Å². The summed E-state index contributed by atoms with van der Waals surface area (Å²) < 4.78 is -0.436. The maximum absolute atomic E-state index is 5.69. The van der Waals surface area contributed by atoms with Gasteiger partial charge in [0.1, 0.15) is 0 Å². The van der Waals surface area contributed by atoms with Gasteiger partial charge in [-0.1, -0.05) is 6.08 Å². The zero-order valence-electron chi connectivity index (χ0n) is 4.95. The Kier molecular flexibility index (Phi) is 3.78. The fraction of sp³-hybridized carbons (Fsp3) is 0.600. The molecule has 0 atom stereocenters. The summed E-state index contributed by atoms with van der Waals surface area (Å²) in [5.74, 6) is 0. The summed E-state index contributed by atoms with van der Waals surface area (Å²) in [5.41, 5.74) is 0. The van der Waals surface area contributed by atoms with Crippen molar-refractivity contribution in [3.8, 4) is 0 Å². The molecule has 0 spiro atoms. The molecular weight excluding hydrogens is 159 g/mol. The highest BCUT2D eigenvalue weighted by atomic mass is 35.5. The van der Waals surface area contributed by atoms with Crippen LogP contribution < -0.4 is 0 Å². The van der Waals surface area contributed by atoms with E-state index in [2.05, 4.69) is 6.58 Å². The van der Waals surface area contributed by atoms with Gasteiger partial charge in [0.05, 0.1) is 3.96 Å². The van der Waals surface area contributed by atoms with Gasteiger partial charge in [-0.15, -0.1) is 29.8 Å². The third-order valence-electron chi connectivity index (χ3n) is 0.787. The monoisotopic (exact) mass is 168 g/mol. The predicted octanol–water partition coefficient (Wildman–Crippen LogP) is 1.45. The van der Waals surface area contributed by atoms with Crippen LogP contribution in [-0.4, -0.2) is 14.2 Å². The standard InChI is InChI=1S/C5H10Cl2Si/c1-2-3-4-5(6,7)8/h2H,1,3-4H2,8H3. The van der Waals surface area contributed by atoms with Crippen molar-refractivity contribution in [2.75, 3.05) is 0 Å². The third-order valence-corrected chi connectivity index (χ3v) is 1.67. The van der Waals surface area contributed by atoms with E-state index in [1.54, 1.807) is 0 Å². The van der Waals surface area contributed by atoms with Crippen LogP contribution >= 0.6 is 23.2 Å². The highest BCUT2D eigenvalue weighted by Gasteiger charge is 2.13. The van der Waals surface area contributed by atoms with E-state index in [1.165, 1.54) is 0 Å². The Bertz CT molecular complexity index is 75.0. The van der Waals surface area contributed by atoms with Crippen molar-refractivity contribution >= 4 is 33.4 Å². The molecule has 0 rings (SSSR count). The van der Waals surface area contributed by atoms with E-state index in [-0.39, 0.29) is 0 Å². The molecule has 0 aliphatic carbocycles. The van der Waals surface area contributed by atoms with Gasteiger partial charge in [-0.25, -0.2) is 0 Å². The highest BCUT2D eigenvalue weighted by Crippen LogP contribution is 2.21. The fourth-order valence-corrected chi connectivity index (χ4v) is 0.862. The Labute approximate surface area is 63.3 Å². The number of hydrogen-bond donors (Lipinski definition) is 0. The van der Waals surface area contributed by atoms with E-state index < -0.39 is 3.96 Å². The van der Waals surface area contributed by atoms with Crippen LogP contribution in [0, 0.1) is 0 Å². The summed E-state index contributed by atoms with van der Waals surface area (Å²) >= 11 is 11.4. The first-order chi connectivity index (χ1) is 3.56. The van der Waals surface area contributed by atoms with Crippen molar-refractivity contribution in [2.24, 2.45) is 0 Å². The zero-order chi connectivity index (χ0) is 6.62. The number of hydrogen-bond acceptors (Lipinski definition) is 0. The first-order valence-electron chi connectivity index (χ1n) is 2.55. The van der Waals surface area contributed by atoms with E-state index in [1.807, 2.05) is 6.08 Å². The smallest absolute Gasteiger partial charge is 0.0975 e. The van der Waals surface area contributed by atoms with Gasteiger partial charge >= 0.3 is 0 Å². The Hall–Kier alpha value is 0.537. The van der Waals surface area contributed by atoms with Crippen LogP contribution in [0.15, 0.2) is 12.7 Å². The minimum atomic E-state index is -0.436. The van der Waals surface area contributed by atoms with Gasteiger partial charge in [0.25, 0.3) is 0 Å². The third kappa shape index (κ3) is 6.54. The second-order valence-electron chi connectivity index (χ2n) is 1.90. The molecule has 48 valence electrons. The van der Waals surface area contributed by atoms with Crippen molar-refractivity contribution in [1.29, 1.82) is 0 Å². The van der Waals surface area contributed by atoms with Gasteiger partial charge in [0.15, 0.2) is 0 Å². The summed E-state index contributed by atoms with van der Waals surface area (Å²) in [7, 11) is 0.825. The zero-order valence-corrected chi connectivity index (χ0v) is 8.47. The molecule has 0 amide bonds. The number of alkyl halides is 2. The average molecular weight is 169 g/mol. The molecule has 0 N–H and O–H groups in total. The van der Waals surface area contributed by atoms with Crippen LogP contribution in [0.1, 0.15) is 12.8 Å². The normalized spacial score (nSPS) is 11.8. The SMILES string of the molecule is C=CCCC([SiH3])(Cl)Cl. The molecule has 0 bridgehead atoms. The summed E-state index contributed by atoms with van der Waals surface area (Å²) in [5, 5.41) is 0. The fourth-order valence-electron chi connectivity index (χ4n) is 0.356. The molecule has 0 saturated heterocycles. The van der Waals surface area contributed by atoms with E-state index in [9.17, 15) is 0 Å². The van der Waals surface area contributed by atoms with Gasteiger partial charge in [-0.2, -0.15) is 0 Å². The van der Waals surface area contributed by atoms with E-state index in [0.717, 1.165) is 23.1 Å². The van der Waals surface area contributed by atoms with Crippen molar-refractivity contribution in [2.45, 2.75) is 16.8 Å². The molecule has 8 heavy (non-hydrogen) atoms. The topological polar surface area (TPSA) is 0 Å². The lowest BCUT2D eigenvalue weighted by Gasteiger charge is -2.09. The molecule has 0 aliphatic heterocycles. The molecule has 0 unspecified atom stereocenters.